The molecule has 1 aliphatic heterocycles. The highest BCUT2D eigenvalue weighted by Crippen LogP contribution is 2.31. The Balaban J connectivity index is 1.99. The minimum absolute atomic E-state index is 0.0564. The fourth-order valence-corrected chi connectivity index (χ4v) is 3.93. The summed E-state index contributed by atoms with van der Waals surface area (Å²) in [5, 5.41) is 3.07. The molecule has 0 aliphatic carbocycles. The smallest absolute Gasteiger partial charge is 0.233 e. The monoisotopic (exact) mass is 326 g/mol. The average Bonchev–Trinajstić information content (AvgIpc) is 2.84. The van der Waals surface area contributed by atoms with Gasteiger partial charge in [0.15, 0.2) is 0 Å². The first kappa shape index (κ1) is 16.4. The molecule has 1 atom stereocenters. The molecule has 0 aromatic carbocycles. The Morgan fingerprint density at radius 3 is 2.71 bits per heavy atom. The van der Waals surface area contributed by atoms with E-state index in [0.717, 1.165) is 6.42 Å². The first-order valence-corrected chi connectivity index (χ1v) is 8.40. The number of nitrogens with two attached hydrogens (primary N) is 1. The van der Waals surface area contributed by atoms with Crippen molar-refractivity contribution in [2.24, 2.45) is 11.1 Å². The van der Waals surface area contributed by atoms with Crippen LogP contribution in [-0.2, 0) is 16.0 Å². The van der Waals surface area contributed by atoms with E-state index < -0.39 is 5.41 Å². The van der Waals surface area contributed by atoms with Crippen LogP contribution in [0.25, 0.3) is 0 Å². The van der Waals surface area contributed by atoms with E-state index in [1.807, 2.05) is 6.92 Å². The van der Waals surface area contributed by atoms with Crippen LogP contribution in [-0.4, -0.2) is 30.2 Å². The van der Waals surface area contributed by atoms with E-state index in [2.05, 4.69) is 24.4 Å². The maximum atomic E-state index is 12.6. The second kappa shape index (κ2) is 6.85. The van der Waals surface area contributed by atoms with E-state index in [1.54, 1.807) is 11.3 Å². The molecule has 0 bridgehead atoms. The molecule has 1 amide bonds. The number of rotatable bonds is 5. The molecule has 21 heavy (non-hydrogen) atoms. The molecule has 116 valence electrons. The van der Waals surface area contributed by atoms with Gasteiger partial charge in [0.25, 0.3) is 0 Å². The summed E-state index contributed by atoms with van der Waals surface area (Å²) in [6.45, 7) is 5.16. The molecule has 1 aromatic rings. The second-order valence-electron chi connectivity index (χ2n) is 5.65. The van der Waals surface area contributed by atoms with Crippen LogP contribution < -0.4 is 11.1 Å². The number of ether oxygens (including phenoxy) is 1. The molecule has 0 spiro atoms. The Labute approximate surface area is 135 Å². The van der Waals surface area contributed by atoms with Crippen molar-refractivity contribution >= 4 is 34.5 Å². The Hall–Kier alpha value is -0.980. The molecule has 6 heteroatoms. The number of nitrogens with one attached hydrogen (secondary N) is 1. The molecule has 0 saturated carbocycles. The van der Waals surface area contributed by atoms with E-state index in [0.29, 0.717) is 26.1 Å². The topological polar surface area (TPSA) is 64.4 Å². The predicted molar refractivity (Wildman–Crippen MR) is 89.6 cm³/mol. The van der Waals surface area contributed by atoms with Crippen molar-refractivity contribution in [1.82, 2.24) is 5.32 Å². The highest BCUT2D eigenvalue weighted by molar-refractivity contribution is 7.80. The average molecular weight is 326 g/mol. The lowest BCUT2D eigenvalue weighted by atomic mass is 9.79. The molecular formula is C15H22N2O2S2. The van der Waals surface area contributed by atoms with Crippen LogP contribution in [0.1, 0.15) is 29.5 Å². The molecule has 2 heterocycles. The third-order valence-corrected chi connectivity index (χ3v) is 5.35. The quantitative estimate of drug-likeness (QED) is 0.814. The van der Waals surface area contributed by atoms with Crippen molar-refractivity contribution in [2.45, 2.75) is 39.2 Å². The molecular weight excluding hydrogens is 304 g/mol. The van der Waals surface area contributed by atoms with E-state index in [-0.39, 0.29) is 16.9 Å². The highest BCUT2D eigenvalue weighted by atomic mass is 32.1. The standard InChI is InChI=1S/C15H22N2O2S2/c1-10(9-12-4-3-11(2)21-12)17-14(18)15(13(16)20)5-7-19-8-6-15/h3-4,10H,5-9H2,1-2H3,(H2,16,20)(H,17,18). The molecule has 1 aliphatic rings. The number of hydrogen-bond donors (Lipinski definition) is 2. The number of aryl methyl sites for hydroxylation is 1. The number of thiophene rings is 1. The van der Waals surface area contributed by atoms with Gasteiger partial charge < -0.3 is 15.8 Å². The summed E-state index contributed by atoms with van der Waals surface area (Å²) in [5.41, 5.74) is 5.11. The SMILES string of the molecule is Cc1ccc(CC(C)NC(=O)C2(C(N)=S)CCOCC2)s1. The van der Waals surface area contributed by atoms with Crippen LogP contribution in [0.3, 0.4) is 0 Å². The van der Waals surface area contributed by atoms with E-state index >= 15 is 0 Å². The van der Waals surface area contributed by atoms with Crippen LogP contribution in [0, 0.1) is 12.3 Å². The van der Waals surface area contributed by atoms with Gasteiger partial charge in [0.2, 0.25) is 5.91 Å². The van der Waals surface area contributed by atoms with E-state index in [9.17, 15) is 4.79 Å². The molecule has 1 unspecified atom stereocenters. The Morgan fingerprint density at radius 1 is 1.52 bits per heavy atom. The van der Waals surface area contributed by atoms with Crippen molar-refractivity contribution in [3.63, 3.8) is 0 Å². The van der Waals surface area contributed by atoms with Crippen molar-refractivity contribution in [2.75, 3.05) is 13.2 Å². The van der Waals surface area contributed by atoms with Gasteiger partial charge in [-0.15, -0.1) is 11.3 Å². The van der Waals surface area contributed by atoms with Crippen LogP contribution in [0.5, 0.6) is 0 Å². The number of thiocarbonyl (C=S) groups is 1. The Morgan fingerprint density at radius 2 is 2.19 bits per heavy atom. The lowest BCUT2D eigenvalue weighted by Gasteiger charge is -2.35. The minimum atomic E-state index is -0.743. The maximum Gasteiger partial charge on any atom is 0.233 e. The molecule has 3 N–H and O–H groups in total. The van der Waals surface area contributed by atoms with Crippen molar-refractivity contribution in [3.05, 3.63) is 21.9 Å². The van der Waals surface area contributed by atoms with Crippen molar-refractivity contribution in [3.8, 4) is 0 Å². The fourth-order valence-electron chi connectivity index (χ4n) is 2.61. The summed E-state index contributed by atoms with van der Waals surface area (Å²) >= 11 is 6.92. The summed E-state index contributed by atoms with van der Waals surface area (Å²) in [7, 11) is 0. The van der Waals surface area contributed by atoms with Crippen molar-refractivity contribution in [1.29, 1.82) is 0 Å². The zero-order valence-corrected chi connectivity index (χ0v) is 14.1. The van der Waals surface area contributed by atoms with Gasteiger partial charge in [-0.3, -0.25) is 4.79 Å². The van der Waals surface area contributed by atoms with E-state index in [4.69, 9.17) is 22.7 Å². The lowest BCUT2D eigenvalue weighted by molar-refractivity contribution is -0.132. The van der Waals surface area contributed by atoms with Gasteiger partial charge >= 0.3 is 0 Å². The van der Waals surface area contributed by atoms with Crippen LogP contribution in [0.2, 0.25) is 0 Å². The summed E-state index contributed by atoms with van der Waals surface area (Å²) in [4.78, 5) is 15.5. The normalized spacial score (nSPS) is 19.0. The molecule has 1 fully saturated rings. The van der Waals surface area contributed by atoms with E-state index in [1.165, 1.54) is 9.75 Å². The van der Waals surface area contributed by atoms with Gasteiger partial charge in [-0.2, -0.15) is 0 Å². The van der Waals surface area contributed by atoms with Gasteiger partial charge in [0, 0.05) is 35.4 Å². The second-order valence-corrected chi connectivity index (χ2v) is 7.46. The molecule has 4 nitrogen and oxygen atoms in total. The van der Waals surface area contributed by atoms with Gasteiger partial charge in [0.1, 0.15) is 5.41 Å². The Kier molecular flexibility index (Phi) is 5.35. The number of carbonyl (C=O) groups is 1. The summed E-state index contributed by atoms with van der Waals surface area (Å²) in [6, 6.07) is 4.27. The lowest BCUT2D eigenvalue weighted by Crippen LogP contribution is -2.53. The van der Waals surface area contributed by atoms with Gasteiger partial charge in [-0.1, -0.05) is 12.2 Å². The highest BCUT2D eigenvalue weighted by Gasteiger charge is 2.43. The summed E-state index contributed by atoms with van der Waals surface area (Å²) < 4.78 is 5.33. The van der Waals surface area contributed by atoms with Crippen molar-refractivity contribution < 1.29 is 9.53 Å². The minimum Gasteiger partial charge on any atom is -0.392 e. The maximum absolute atomic E-state index is 12.6. The summed E-state index contributed by atoms with van der Waals surface area (Å²) in [6.07, 6.45) is 1.96. The third-order valence-electron chi connectivity index (χ3n) is 3.93. The van der Waals surface area contributed by atoms with Gasteiger partial charge in [-0.05, 0) is 38.8 Å². The molecule has 1 saturated heterocycles. The number of amides is 1. The molecule has 0 radical (unpaired) electrons. The first-order valence-electron chi connectivity index (χ1n) is 7.18. The largest absolute Gasteiger partial charge is 0.392 e. The Bertz CT molecular complexity index is 521. The third kappa shape index (κ3) is 3.81. The first-order chi connectivity index (χ1) is 9.94. The summed E-state index contributed by atoms with van der Waals surface area (Å²) in [5.74, 6) is -0.0564. The fraction of sp³-hybridized carbons (Fsp3) is 0.600. The predicted octanol–water partition coefficient (Wildman–Crippen LogP) is 2.19. The van der Waals surface area contributed by atoms with Gasteiger partial charge in [-0.25, -0.2) is 0 Å². The number of carbonyl (C=O) groups excluding carboxylic acids is 1. The number of hydrogen-bond acceptors (Lipinski definition) is 4. The van der Waals surface area contributed by atoms with Crippen LogP contribution in [0.4, 0.5) is 0 Å². The molecule has 1 aromatic heterocycles. The molecule has 2 rings (SSSR count). The zero-order chi connectivity index (χ0) is 15.5. The van der Waals surface area contributed by atoms with Gasteiger partial charge in [0.05, 0.1) is 4.99 Å². The zero-order valence-electron chi connectivity index (χ0n) is 12.5. The van der Waals surface area contributed by atoms with Crippen LogP contribution >= 0.6 is 23.6 Å². The van der Waals surface area contributed by atoms with Crippen LogP contribution in [0.15, 0.2) is 12.1 Å².